The average Bonchev–Trinajstić information content (AvgIpc) is 2.31. The molecule has 1 aromatic rings. The summed E-state index contributed by atoms with van der Waals surface area (Å²) in [6.07, 6.45) is 0.296. The van der Waals surface area contributed by atoms with Crippen LogP contribution in [-0.2, 0) is 4.74 Å². The Labute approximate surface area is 132 Å². The molecule has 0 spiro atoms. The van der Waals surface area contributed by atoms with E-state index in [9.17, 15) is 9.59 Å². The Hall–Kier alpha value is -1.56. The van der Waals surface area contributed by atoms with Gasteiger partial charge in [-0.15, -0.1) is 0 Å². The van der Waals surface area contributed by atoms with E-state index < -0.39 is 5.60 Å². The maximum atomic E-state index is 11.8. The van der Waals surface area contributed by atoms with E-state index in [2.05, 4.69) is 15.9 Å². The number of benzene rings is 1. The number of likely N-dealkylation sites (tertiary alicyclic amines) is 1. The Morgan fingerprint density at radius 2 is 2.05 bits per heavy atom. The quantitative estimate of drug-likeness (QED) is 0.780. The van der Waals surface area contributed by atoms with Gasteiger partial charge in [-0.2, -0.15) is 0 Å². The lowest BCUT2D eigenvalue weighted by Crippen LogP contribution is -2.57. The van der Waals surface area contributed by atoms with Crippen LogP contribution in [0.4, 0.5) is 4.79 Å². The standard InChI is InChI=1S/C15H18BrNO4/c1-15(2,3)21-14(19)17-7-12(8-17)20-13-6-11(16)5-4-10(13)9-18/h4-6,9,12H,7-8H2,1-3H3. The van der Waals surface area contributed by atoms with Crippen LogP contribution < -0.4 is 4.74 Å². The third kappa shape index (κ3) is 4.20. The number of ether oxygens (including phenoxy) is 2. The Balaban J connectivity index is 1.90. The maximum Gasteiger partial charge on any atom is 0.410 e. The third-order valence-corrected chi connectivity index (χ3v) is 3.39. The smallest absolute Gasteiger partial charge is 0.410 e. The molecule has 1 saturated heterocycles. The first kappa shape index (κ1) is 15.8. The molecule has 0 saturated carbocycles. The van der Waals surface area contributed by atoms with Gasteiger partial charge in [0.2, 0.25) is 0 Å². The highest BCUT2D eigenvalue weighted by Crippen LogP contribution is 2.26. The van der Waals surface area contributed by atoms with E-state index in [0.717, 1.165) is 10.8 Å². The molecule has 0 atom stereocenters. The van der Waals surface area contributed by atoms with Gasteiger partial charge in [0.15, 0.2) is 6.29 Å². The predicted octanol–water partition coefficient (Wildman–Crippen LogP) is 3.26. The summed E-state index contributed by atoms with van der Waals surface area (Å²) >= 11 is 3.34. The average molecular weight is 356 g/mol. The fourth-order valence-corrected chi connectivity index (χ4v) is 2.22. The molecule has 1 amide bonds. The second-order valence-electron chi connectivity index (χ2n) is 5.93. The lowest BCUT2D eigenvalue weighted by molar-refractivity contribution is -0.0222. The van der Waals surface area contributed by atoms with Gasteiger partial charge in [-0.3, -0.25) is 4.79 Å². The van der Waals surface area contributed by atoms with Crippen LogP contribution in [0.1, 0.15) is 31.1 Å². The normalized spacial score (nSPS) is 15.3. The second kappa shape index (κ2) is 6.05. The van der Waals surface area contributed by atoms with E-state index >= 15 is 0 Å². The number of hydrogen-bond donors (Lipinski definition) is 0. The Bertz CT molecular complexity index is 547. The molecule has 1 fully saturated rings. The van der Waals surface area contributed by atoms with E-state index in [1.807, 2.05) is 20.8 Å². The highest BCUT2D eigenvalue weighted by Gasteiger charge is 2.35. The van der Waals surface area contributed by atoms with E-state index in [-0.39, 0.29) is 12.2 Å². The molecule has 0 aliphatic carbocycles. The molecule has 0 unspecified atom stereocenters. The SMILES string of the molecule is CC(C)(C)OC(=O)N1CC(Oc2cc(Br)ccc2C=O)C1. The Morgan fingerprint density at radius 1 is 1.38 bits per heavy atom. The van der Waals surface area contributed by atoms with Gasteiger partial charge >= 0.3 is 6.09 Å². The first-order valence-corrected chi connectivity index (χ1v) is 7.47. The summed E-state index contributed by atoms with van der Waals surface area (Å²) in [7, 11) is 0. The molecule has 1 heterocycles. The van der Waals surface area contributed by atoms with Crippen molar-refractivity contribution < 1.29 is 19.1 Å². The zero-order valence-corrected chi connectivity index (χ0v) is 13.8. The van der Waals surface area contributed by atoms with Crippen molar-refractivity contribution in [2.75, 3.05) is 13.1 Å². The predicted molar refractivity (Wildman–Crippen MR) is 81.8 cm³/mol. The zero-order chi connectivity index (χ0) is 15.6. The minimum atomic E-state index is -0.502. The van der Waals surface area contributed by atoms with Gasteiger partial charge in [0, 0.05) is 4.47 Å². The molecule has 6 heteroatoms. The summed E-state index contributed by atoms with van der Waals surface area (Å²) in [5.74, 6) is 0.521. The monoisotopic (exact) mass is 355 g/mol. The van der Waals surface area contributed by atoms with Crippen LogP contribution in [0.5, 0.6) is 5.75 Å². The van der Waals surface area contributed by atoms with Gasteiger partial charge in [0.1, 0.15) is 17.5 Å². The van der Waals surface area contributed by atoms with Gasteiger partial charge in [-0.25, -0.2) is 4.79 Å². The lowest BCUT2D eigenvalue weighted by Gasteiger charge is -2.39. The van der Waals surface area contributed by atoms with Crippen molar-refractivity contribution in [2.45, 2.75) is 32.5 Å². The molecule has 21 heavy (non-hydrogen) atoms. The van der Waals surface area contributed by atoms with Crippen molar-refractivity contribution in [3.05, 3.63) is 28.2 Å². The number of carbonyl (C=O) groups excluding carboxylic acids is 2. The van der Waals surface area contributed by atoms with Crippen LogP contribution in [0.3, 0.4) is 0 Å². The number of aldehydes is 1. The molecule has 5 nitrogen and oxygen atoms in total. The van der Waals surface area contributed by atoms with Crippen LogP contribution in [-0.4, -0.2) is 42.1 Å². The summed E-state index contributed by atoms with van der Waals surface area (Å²) in [4.78, 5) is 24.4. The Kier molecular flexibility index (Phi) is 4.56. The zero-order valence-electron chi connectivity index (χ0n) is 12.3. The largest absolute Gasteiger partial charge is 0.486 e. The number of hydrogen-bond acceptors (Lipinski definition) is 4. The summed E-state index contributed by atoms with van der Waals surface area (Å²) in [6, 6.07) is 5.22. The molecule has 0 bridgehead atoms. The van der Waals surface area contributed by atoms with Gasteiger partial charge in [0.05, 0.1) is 18.7 Å². The van der Waals surface area contributed by atoms with Gasteiger partial charge in [-0.05, 0) is 39.0 Å². The first-order chi connectivity index (χ1) is 9.78. The molecule has 0 aromatic heterocycles. The van der Waals surface area contributed by atoms with Crippen LogP contribution in [0.15, 0.2) is 22.7 Å². The van der Waals surface area contributed by atoms with Crippen LogP contribution in [0, 0.1) is 0 Å². The lowest BCUT2D eigenvalue weighted by atomic mass is 10.1. The Morgan fingerprint density at radius 3 is 2.62 bits per heavy atom. The van der Waals surface area contributed by atoms with Crippen molar-refractivity contribution in [3.63, 3.8) is 0 Å². The second-order valence-corrected chi connectivity index (χ2v) is 6.84. The molecule has 1 aromatic carbocycles. The minimum absolute atomic E-state index is 0.120. The molecule has 1 aliphatic heterocycles. The molecule has 0 radical (unpaired) electrons. The van der Waals surface area contributed by atoms with Crippen LogP contribution >= 0.6 is 15.9 Å². The third-order valence-electron chi connectivity index (χ3n) is 2.90. The molecule has 114 valence electrons. The van der Waals surface area contributed by atoms with Gasteiger partial charge < -0.3 is 14.4 Å². The van der Waals surface area contributed by atoms with Crippen molar-refractivity contribution in [1.29, 1.82) is 0 Å². The number of nitrogens with zero attached hydrogens (tertiary/aromatic N) is 1. The molecule has 2 rings (SSSR count). The molecular weight excluding hydrogens is 338 g/mol. The van der Waals surface area contributed by atoms with Crippen LogP contribution in [0.25, 0.3) is 0 Å². The van der Waals surface area contributed by atoms with Crippen LogP contribution in [0.2, 0.25) is 0 Å². The van der Waals surface area contributed by atoms with E-state index in [1.165, 1.54) is 0 Å². The summed E-state index contributed by atoms with van der Waals surface area (Å²) < 4.78 is 11.9. The van der Waals surface area contributed by atoms with E-state index in [4.69, 9.17) is 9.47 Å². The molecule has 0 N–H and O–H groups in total. The summed E-state index contributed by atoms with van der Waals surface area (Å²) in [5.41, 5.74) is -0.00761. The van der Waals surface area contributed by atoms with E-state index in [0.29, 0.717) is 24.4 Å². The fourth-order valence-electron chi connectivity index (χ4n) is 1.88. The van der Waals surface area contributed by atoms with Gasteiger partial charge in [-0.1, -0.05) is 15.9 Å². The van der Waals surface area contributed by atoms with Crippen molar-refractivity contribution >= 4 is 28.3 Å². The number of amides is 1. The number of rotatable bonds is 3. The fraction of sp³-hybridized carbons (Fsp3) is 0.467. The summed E-state index contributed by atoms with van der Waals surface area (Å²) in [6.45, 7) is 6.41. The molecule has 1 aliphatic rings. The topological polar surface area (TPSA) is 55.8 Å². The summed E-state index contributed by atoms with van der Waals surface area (Å²) in [5, 5.41) is 0. The minimum Gasteiger partial charge on any atom is -0.486 e. The van der Waals surface area contributed by atoms with E-state index in [1.54, 1.807) is 23.1 Å². The van der Waals surface area contributed by atoms with Gasteiger partial charge in [0.25, 0.3) is 0 Å². The van der Waals surface area contributed by atoms with Crippen molar-refractivity contribution in [3.8, 4) is 5.75 Å². The number of halogens is 1. The highest BCUT2D eigenvalue weighted by atomic mass is 79.9. The first-order valence-electron chi connectivity index (χ1n) is 6.68. The maximum absolute atomic E-state index is 11.8. The molecular formula is C15H18BrNO4. The highest BCUT2D eigenvalue weighted by molar-refractivity contribution is 9.10. The number of carbonyl (C=O) groups is 2. The van der Waals surface area contributed by atoms with Crippen molar-refractivity contribution in [1.82, 2.24) is 4.90 Å². The van der Waals surface area contributed by atoms with Crippen molar-refractivity contribution in [2.24, 2.45) is 0 Å².